The van der Waals surface area contributed by atoms with Gasteiger partial charge in [-0.2, -0.15) is 4.79 Å². The van der Waals surface area contributed by atoms with Crippen molar-refractivity contribution in [2.45, 2.75) is 6.54 Å². The van der Waals surface area contributed by atoms with Crippen LogP contribution in [0.15, 0.2) is 85.5 Å². The van der Waals surface area contributed by atoms with Gasteiger partial charge >= 0.3 is 6.03 Å². The molecule has 0 bridgehead atoms. The number of hydrogen-bond donors (Lipinski definition) is 2. The minimum absolute atomic E-state index is 0. The number of anilines is 1. The molecule has 0 aliphatic heterocycles. The molecular formula is C23H18BrFN4O2. The number of carbonyl (C=O) groups excluding carboxylic acids is 2. The summed E-state index contributed by atoms with van der Waals surface area (Å²) in [6.07, 6.45) is 6.59. The van der Waals surface area contributed by atoms with Gasteiger partial charge in [0, 0.05) is 12.4 Å². The molecule has 0 saturated heterocycles. The van der Waals surface area contributed by atoms with Gasteiger partial charge in [-0.1, -0.05) is 18.2 Å². The first-order chi connectivity index (χ1) is 14.6. The number of rotatable bonds is 4. The van der Waals surface area contributed by atoms with Crippen LogP contribution in [-0.2, 0) is 6.54 Å². The van der Waals surface area contributed by atoms with E-state index in [1.807, 2.05) is 35.2 Å². The number of pyridine rings is 2. The Morgan fingerprint density at radius 1 is 1.03 bits per heavy atom. The van der Waals surface area contributed by atoms with Gasteiger partial charge in [0.2, 0.25) is 0 Å². The molecule has 0 aliphatic rings. The van der Waals surface area contributed by atoms with E-state index in [0.29, 0.717) is 17.8 Å². The second kappa shape index (κ2) is 9.90. The van der Waals surface area contributed by atoms with E-state index in [4.69, 9.17) is 0 Å². The fraction of sp³-hybridized carbons (Fsp3) is 0.0435. The number of aromatic nitrogens is 2. The monoisotopic (exact) mass is 480 g/mol. The molecule has 3 amide bonds. The molecule has 0 atom stereocenters. The van der Waals surface area contributed by atoms with Crippen molar-refractivity contribution < 1.29 is 31.0 Å². The third kappa shape index (κ3) is 5.70. The number of urea groups is 1. The number of benzene rings is 2. The molecule has 2 aromatic heterocycles. The van der Waals surface area contributed by atoms with Crippen LogP contribution in [0, 0.1) is 5.82 Å². The Morgan fingerprint density at radius 3 is 2.52 bits per heavy atom. The highest BCUT2D eigenvalue weighted by Gasteiger charge is 2.14. The van der Waals surface area contributed by atoms with Gasteiger partial charge in [-0.15, -0.1) is 0 Å². The first kappa shape index (κ1) is 22.0. The van der Waals surface area contributed by atoms with E-state index in [-0.39, 0.29) is 22.8 Å². The van der Waals surface area contributed by atoms with Gasteiger partial charge in [0.1, 0.15) is 11.5 Å². The second-order valence-corrected chi connectivity index (χ2v) is 6.73. The molecule has 8 heteroatoms. The Hall–Kier alpha value is -3.65. The molecule has 0 unspecified atom stereocenters. The molecule has 0 aliphatic carbocycles. The molecule has 6 nitrogen and oxygen atoms in total. The van der Waals surface area contributed by atoms with Crippen molar-refractivity contribution in [1.29, 1.82) is 0 Å². The Balaban J connectivity index is 0.00000272. The lowest BCUT2D eigenvalue weighted by Crippen LogP contribution is -3.00. The van der Waals surface area contributed by atoms with Gasteiger partial charge in [-0.3, -0.25) is 14.3 Å². The lowest BCUT2D eigenvalue weighted by atomic mass is 10.1. The smallest absolute Gasteiger partial charge is 0.398 e. The molecule has 0 spiro atoms. The van der Waals surface area contributed by atoms with Crippen LogP contribution >= 0.6 is 0 Å². The van der Waals surface area contributed by atoms with Gasteiger partial charge in [0.25, 0.3) is 5.91 Å². The second-order valence-electron chi connectivity index (χ2n) is 6.73. The normalized spacial score (nSPS) is 10.2. The average Bonchev–Trinajstić information content (AvgIpc) is 2.76. The van der Waals surface area contributed by atoms with E-state index in [0.717, 1.165) is 16.3 Å². The van der Waals surface area contributed by atoms with Gasteiger partial charge in [0.15, 0.2) is 0 Å². The van der Waals surface area contributed by atoms with Gasteiger partial charge in [-0.25, -0.2) is 15.0 Å². The lowest BCUT2D eigenvalue weighted by Gasteiger charge is -2.06. The van der Waals surface area contributed by atoms with Crippen molar-refractivity contribution in [3.05, 3.63) is 102 Å². The Bertz CT molecular complexity index is 1220. The minimum Gasteiger partial charge on any atom is -1.00 e. The molecule has 31 heavy (non-hydrogen) atoms. The van der Waals surface area contributed by atoms with Gasteiger partial charge in [0.05, 0.1) is 36.6 Å². The zero-order valence-corrected chi connectivity index (χ0v) is 17.8. The summed E-state index contributed by atoms with van der Waals surface area (Å²) < 4.78 is 15.3. The summed E-state index contributed by atoms with van der Waals surface area (Å²) in [4.78, 5) is 27.9. The molecule has 0 radical (unpaired) electrons. The molecule has 2 aromatic carbocycles. The predicted octanol–water partition coefficient (Wildman–Crippen LogP) is 1.47. The molecule has 2 N–H and O–H groups in total. The zero-order chi connectivity index (χ0) is 20.9. The van der Waals surface area contributed by atoms with Crippen LogP contribution in [0.5, 0.6) is 0 Å². The van der Waals surface area contributed by atoms with Crippen molar-refractivity contribution >= 4 is 28.4 Å². The fourth-order valence-corrected chi connectivity index (χ4v) is 3.06. The lowest BCUT2D eigenvalue weighted by molar-refractivity contribution is -0.0000189. The standard InChI is InChI=1S/C23H17FN4O2.BrH/c24-20-6-5-17-12-16(3-4-18(17)13-20)15-28-10-7-21(8-11-28)26-23(30)27-22(29)19-2-1-9-25-14-19;/h1-14H,15H2,(H-,26,27,29,30);1H. The Morgan fingerprint density at radius 2 is 1.77 bits per heavy atom. The van der Waals surface area contributed by atoms with E-state index in [2.05, 4.69) is 15.6 Å². The van der Waals surface area contributed by atoms with E-state index in [1.165, 1.54) is 18.3 Å². The van der Waals surface area contributed by atoms with Crippen LogP contribution in [0.25, 0.3) is 10.8 Å². The number of amides is 3. The largest absolute Gasteiger partial charge is 1.00 e. The van der Waals surface area contributed by atoms with E-state index >= 15 is 0 Å². The number of imide groups is 1. The minimum atomic E-state index is -0.622. The molecule has 0 fully saturated rings. The number of carbonyl (C=O) groups is 2. The molecule has 4 rings (SSSR count). The van der Waals surface area contributed by atoms with Crippen LogP contribution < -0.4 is 27.6 Å². The third-order valence-corrected chi connectivity index (χ3v) is 4.53. The highest BCUT2D eigenvalue weighted by Crippen LogP contribution is 2.18. The Labute approximate surface area is 188 Å². The number of halogens is 2. The summed E-state index contributed by atoms with van der Waals surface area (Å²) >= 11 is 0. The van der Waals surface area contributed by atoms with E-state index < -0.39 is 11.9 Å². The van der Waals surface area contributed by atoms with Crippen LogP contribution in [0.2, 0.25) is 0 Å². The topological polar surface area (TPSA) is 76.0 Å². The summed E-state index contributed by atoms with van der Waals surface area (Å²) in [6, 6.07) is 16.6. The summed E-state index contributed by atoms with van der Waals surface area (Å²) in [5.41, 5.74) is 1.92. The highest BCUT2D eigenvalue weighted by atomic mass is 79.9. The Kier molecular flexibility index (Phi) is 7.04. The summed E-state index contributed by atoms with van der Waals surface area (Å²) in [5.74, 6) is -0.776. The zero-order valence-electron chi connectivity index (χ0n) is 16.3. The van der Waals surface area contributed by atoms with Gasteiger partial charge in [-0.05, 0) is 46.7 Å². The number of fused-ring (bicyclic) bond motifs is 1. The van der Waals surface area contributed by atoms with E-state index in [1.54, 1.807) is 36.5 Å². The van der Waals surface area contributed by atoms with Crippen LogP contribution in [0.1, 0.15) is 15.9 Å². The van der Waals surface area contributed by atoms with Crippen molar-refractivity contribution in [2.75, 3.05) is 5.32 Å². The predicted molar refractivity (Wildman–Crippen MR) is 113 cm³/mol. The quantitative estimate of drug-likeness (QED) is 0.434. The summed E-state index contributed by atoms with van der Waals surface area (Å²) in [7, 11) is 0. The maximum absolute atomic E-state index is 13.3. The summed E-state index contributed by atoms with van der Waals surface area (Å²) in [5, 5.41) is 6.71. The molecule has 156 valence electrons. The van der Waals surface area contributed by atoms with Gasteiger partial charge < -0.3 is 17.0 Å². The molecule has 2 heterocycles. The summed E-state index contributed by atoms with van der Waals surface area (Å²) in [6.45, 7) is 0.624. The van der Waals surface area contributed by atoms with Crippen molar-refractivity contribution in [3.8, 4) is 0 Å². The van der Waals surface area contributed by atoms with Crippen LogP contribution in [0.3, 0.4) is 0 Å². The molecule has 4 aromatic rings. The average molecular weight is 481 g/mol. The number of hydrogen-bond acceptors (Lipinski definition) is 3. The van der Waals surface area contributed by atoms with Crippen molar-refractivity contribution in [2.24, 2.45) is 0 Å². The first-order valence-electron chi connectivity index (χ1n) is 9.26. The highest BCUT2D eigenvalue weighted by molar-refractivity contribution is 6.07. The number of nitrogens with one attached hydrogen (secondary N) is 2. The third-order valence-electron chi connectivity index (χ3n) is 4.53. The SMILES string of the molecule is O=C(NC(=O)c1cccnc1)N[c+]1ccn(Cc2ccc3cc(F)ccc3c2)cc1.[Br-]. The first-order valence-corrected chi connectivity index (χ1v) is 9.26. The van der Waals surface area contributed by atoms with Crippen molar-refractivity contribution in [1.82, 2.24) is 14.9 Å². The van der Waals surface area contributed by atoms with Crippen LogP contribution in [0.4, 0.5) is 14.9 Å². The maximum atomic E-state index is 13.3. The fourth-order valence-electron chi connectivity index (χ4n) is 3.06. The molecule has 0 saturated carbocycles. The van der Waals surface area contributed by atoms with E-state index in [9.17, 15) is 14.0 Å². The maximum Gasteiger partial charge on any atom is 0.398 e. The molecular weight excluding hydrogens is 463 g/mol. The number of nitrogens with zero attached hydrogens (tertiary/aromatic N) is 2. The van der Waals surface area contributed by atoms with Crippen LogP contribution in [-0.4, -0.2) is 21.5 Å². The van der Waals surface area contributed by atoms with Crippen molar-refractivity contribution in [3.63, 3.8) is 0 Å².